The van der Waals surface area contributed by atoms with Gasteiger partial charge in [-0.25, -0.2) is 0 Å². The van der Waals surface area contributed by atoms with E-state index in [0.29, 0.717) is 5.92 Å². The fourth-order valence-electron chi connectivity index (χ4n) is 2.89. The van der Waals surface area contributed by atoms with E-state index >= 15 is 0 Å². The van der Waals surface area contributed by atoms with Crippen LogP contribution in [0.3, 0.4) is 0 Å². The minimum atomic E-state index is -0.540. The predicted octanol–water partition coefficient (Wildman–Crippen LogP) is 1.95. The van der Waals surface area contributed by atoms with Gasteiger partial charge in [0.1, 0.15) is 5.69 Å². The molecule has 7 heteroatoms. The summed E-state index contributed by atoms with van der Waals surface area (Å²) in [6, 6.07) is 0.0889. The summed E-state index contributed by atoms with van der Waals surface area (Å²) >= 11 is 0. The number of nitro groups is 1. The molecular formula is C13H20N4O3. The highest BCUT2D eigenvalue weighted by Crippen LogP contribution is 2.26. The van der Waals surface area contributed by atoms with Crippen molar-refractivity contribution >= 4 is 11.6 Å². The molecule has 110 valence electrons. The molecule has 1 N–H and O–H groups in total. The zero-order valence-electron chi connectivity index (χ0n) is 12.0. The van der Waals surface area contributed by atoms with E-state index in [4.69, 9.17) is 0 Å². The van der Waals surface area contributed by atoms with Crippen LogP contribution in [0.5, 0.6) is 0 Å². The van der Waals surface area contributed by atoms with Crippen molar-refractivity contribution < 1.29 is 9.72 Å². The van der Waals surface area contributed by atoms with Gasteiger partial charge in [0.05, 0.1) is 4.92 Å². The largest absolute Gasteiger partial charge is 0.347 e. The van der Waals surface area contributed by atoms with Crippen LogP contribution >= 0.6 is 0 Å². The molecule has 2 rings (SSSR count). The maximum Gasteiger partial charge on any atom is 0.322 e. The molecule has 20 heavy (non-hydrogen) atoms. The molecule has 0 aromatic carbocycles. The lowest BCUT2D eigenvalue weighted by Gasteiger charge is -2.29. The molecule has 7 nitrogen and oxygen atoms in total. The van der Waals surface area contributed by atoms with Gasteiger partial charge in [0.15, 0.2) is 0 Å². The highest BCUT2D eigenvalue weighted by Gasteiger charge is 2.31. The number of aryl methyl sites for hydroxylation is 2. The van der Waals surface area contributed by atoms with Crippen molar-refractivity contribution in [2.75, 3.05) is 0 Å². The Morgan fingerprint density at radius 2 is 2.10 bits per heavy atom. The first-order chi connectivity index (χ1) is 9.41. The normalized spacial score (nSPS) is 22.6. The van der Waals surface area contributed by atoms with Gasteiger partial charge in [0.25, 0.3) is 5.91 Å². The second-order valence-corrected chi connectivity index (χ2v) is 5.51. The molecule has 1 aliphatic rings. The van der Waals surface area contributed by atoms with E-state index in [1.807, 2.05) is 0 Å². The molecule has 1 aliphatic carbocycles. The highest BCUT2D eigenvalue weighted by atomic mass is 16.6. The quantitative estimate of drug-likeness (QED) is 0.676. The molecule has 1 saturated carbocycles. The average Bonchev–Trinajstić information content (AvgIpc) is 2.67. The van der Waals surface area contributed by atoms with E-state index in [9.17, 15) is 14.9 Å². The van der Waals surface area contributed by atoms with E-state index in [2.05, 4.69) is 17.3 Å². The van der Waals surface area contributed by atoms with E-state index in [-0.39, 0.29) is 23.1 Å². The van der Waals surface area contributed by atoms with Crippen LogP contribution in [0.2, 0.25) is 0 Å². The van der Waals surface area contributed by atoms with E-state index < -0.39 is 10.8 Å². The standard InChI is InChI=1S/C13H20N4O3/c1-8-6-4-5-7-10(8)14-13(18)12-11(17(19)20)9(2)15-16(12)3/h8,10H,4-7H2,1-3H3,(H,14,18)/t8-,10-/m0/s1. The summed E-state index contributed by atoms with van der Waals surface area (Å²) < 4.78 is 1.29. The number of carbonyl (C=O) groups is 1. The molecule has 0 radical (unpaired) electrons. The second-order valence-electron chi connectivity index (χ2n) is 5.51. The monoisotopic (exact) mass is 280 g/mol. The molecule has 0 bridgehead atoms. The Hall–Kier alpha value is -1.92. The van der Waals surface area contributed by atoms with Crippen LogP contribution in [0.15, 0.2) is 0 Å². The number of carbonyl (C=O) groups excluding carboxylic acids is 1. The third-order valence-electron chi connectivity index (χ3n) is 4.02. The molecule has 1 aromatic heterocycles. The lowest BCUT2D eigenvalue weighted by atomic mass is 9.86. The van der Waals surface area contributed by atoms with Crippen LogP contribution in [0.1, 0.15) is 48.8 Å². The van der Waals surface area contributed by atoms with E-state index in [0.717, 1.165) is 19.3 Å². The Kier molecular flexibility index (Phi) is 4.06. The van der Waals surface area contributed by atoms with Crippen LogP contribution < -0.4 is 5.32 Å². The fourth-order valence-corrected chi connectivity index (χ4v) is 2.89. The lowest BCUT2D eigenvalue weighted by Crippen LogP contribution is -2.41. The Bertz CT molecular complexity index is 538. The van der Waals surface area contributed by atoms with Gasteiger partial charge in [-0.3, -0.25) is 19.6 Å². The lowest BCUT2D eigenvalue weighted by molar-refractivity contribution is -0.385. The molecule has 2 atom stereocenters. The predicted molar refractivity (Wildman–Crippen MR) is 73.5 cm³/mol. The van der Waals surface area contributed by atoms with Crippen LogP contribution in [-0.4, -0.2) is 26.7 Å². The number of hydrogen-bond acceptors (Lipinski definition) is 4. The number of amides is 1. The van der Waals surface area contributed by atoms with Gasteiger partial charge < -0.3 is 5.32 Å². The van der Waals surface area contributed by atoms with Crippen LogP contribution in [0.25, 0.3) is 0 Å². The van der Waals surface area contributed by atoms with Gasteiger partial charge in [0, 0.05) is 13.1 Å². The first-order valence-electron chi connectivity index (χ1n) is 6.90. The topological polar surface area (TPSA) is 90.1 Å². The summed E-state index contributed by atoms with van der Waals surface area (Å²) in [6.07, 6.45) is 4.27. The van der Waals surface area contributed by atoms with Gasteiger partial charge in [-0.15, -0.1) is 0 Å². The average molecular weight is 280 g/mol. The maximum absolute atomic E-state index is 12.3. The first-order valence-corrected chi connectivity index (χ1v) is 6.90. The molecule has 1 fully saturated rings. The van der Waals surface area contributed by atoms with Crippen molar-refractivity contribution in [2.24, 2.45) is 13.0 Å². The number of nitrogens with zero attached hydrogens (tertiary/aromatic N) is 3. The summed E-state index contributed by atoms with van der Waals surface area (Å²) in [5.41, 5.74) is 0.0954. The van der Waals surface area contributed by atoms with Crippen LogP contribution in [0.4, 0.5) is 5.69 Å². The maximum atomic E-state index is 12.3. The molecule has 1 heterocycles. The van der Waals surface area contributed by atoms with Gasteiger partial charge >= 0.3 is 5.69 Å². The summed E-state index contributed by atoms with van der Waals surface area (Å²) in [5.74, 6) is -0.000342. The molecule has 1 aromatic rings. The van der Waals surface area contributed by atoms with Gasteiger partial charge in [-0.2, -0.15) is 5.10 Å². The smallest absolute Gasteiger partial charge is 0.322 e. The van der Waals surface area contributed by atoms with Crippen LogP contribution in [0, 0.1) is 23.0 Å². The SMILES string of the molecule is Cc1nn(C)c(C(=O)N[C@H]2CCCC[C@@H]2C)c1[N+](=O)[O-]. The minimum Gasteiger partial charge on any atom is -0.347 e. The fraction of sp³-hybridized carbons (Fsp3) is 0.692. The Morgan fingerprint density at radius 1 is 1.45 bits per heavy atom. The second kappa shape index (κ2) is 5.60. The molecule has 0 saturated heterocycles. The van der Waals surface area contributed by atoms with Gasteiger partial charge in [0.2, 0.25) is 5.69 Å². The van der Waals surface area contributed by atoms with Crippen molar-refractivity contribution in [3.8, 4) is 0 Å². The molecule has 0 aliphatic heterocycles. The first kappa shape index (κ1) is 14.5. The highest BCUT2D eigenvalue weighted by molar-refractivity contribution is 5.97. The summed E-state index contributed by atoms with van der Waals surface area (Å²) in [4.78, 5) is 22.9. The number of nitrogens with one attached hydrogen (secondary N) is 1. The molecule has 0 spiro atoms. The number of aromatic nitrogens is 2. The summed E-state index contributed by atoms with van der Waals surface area (Å²) in [7, 11) is 1.55. The molecular weight excluding hydrogens is 260 g/mol. The zero-order chi connectivity index (χ0) is 14.9. The van der Waals surface area contributed by atoms with E-state index in [1.165, 1.54) is 18.0 Å². The van der Waals surface area contributed by atoms with Crippen molar-refractivity contribution in [1.29, 1.82) is 0 Å². The Balaban J connectivity index is 2.23. The van der Waals surface area contributed by atoms with Crippen molar-refractivity contribution in [1.82, 2.24) is 15.1 Å². The Morgan fingerprint density at radius 3 is 2.70 bits per heavy atom. The third kappa shape index (κ3) is 2.66. The van der Waals surface area contributed by atoms with Crippen molar-refractivity contribution in [3.63, 3.8) is 0 Å². The number of rotatable bonds is 3. The molecule has 0 unspecified atom stereocenters. The summed E-state index contributed by atoms with van der Waals surface area (Å²) in [6.45, 7) is 3.64. The van der Waals surface area contributed by atoms with Crippen LogP contribution in [-0.2, 0) is 7.05 Å². The summed E-state index contributed by atoms with van der Waals surface area (Å²) in [5, 5.41) is 18.0. The van der Waals surface area contributed by atoms with Crippen molar-refractivity contribution in [3.05, 3.63) is 21.5 Å². The van der Waals surface area contributed by atoms with Crippen molar-refractivity contribution in [2.45, 2.75) is 45.6 Å². The van der Waals surface area contributed by atoms with Gasteiger partial charge in [-0.05, 0) is 25.7 Å². The third-order valence-corrected chi connectivity index (χ3v) is 4.02. The Labute approximate surface area is 117 Å². The number of hydrogen-bond donors (Lipinski definition) is 1. The molecule has 1 amide bonds. The zero-order valence-corrected chi connectivity index (χ0v) is 12.0. The van der Waals surface area contributed by atoms with Gasteiger partial charge in [-0.1, -0.05) is 19.8 Å². The minimum absolute atomic E-state index is 0.0327. The van der Waals surface area contributed by atoms with E-state index in [1.54, 1.807) is 7.05 Å².